The summed E-state index contributed by atoms with van der Waals surface area (Å²) in [6.07, 6.45) is 14.9. The summed E-state index contributed by atoms with van der Waals surface area (Å²) in [5.74, 6) is -7.55. The van der Waals surface area contributed by atoms with E-state index < -0.39 is 56.0 Å². The highest BCUT2D eigenvalue weighted by molar-refractivity contribution is 6.00. The zero-order valence-electron chi connectivity index (χ0n) is 38.6. The second kappa shape index (κ2) is 26.5. The predicted octanol–water partition coefficient (Wildman–Crippen LogP) is 0.266. The van der Waals surface area contributed by atoms with Gasteiger partial charge in [-0.2, -0.15) is 0 Å². The number of benzene rings is 3. The molecule has 1 aliphatic rings. The Bertz CT molecular complexity index is 2310. The summed E-state index contributed by atoms with van der Waals surface area (Å²) in [6.45, 7) is 2.33. The molecule has 1 aliphatic heterocycles. The zero-order valence-corrected chi connectivity index (χ0v) is 38.6. The summed E-state index contributed by atoms with van der Waals surface area (Å²) >= 11 is 0. The highest BCUT2D eigenvalue weighted by atomic mass is 16.5. The van der Waals surface area contributed by atoms with Crippen LogP contribution in [-0.4, -0.2) is 123 Å². The van der Waals surface area contributed by atoms with E-state index in [-0.39, 0.29) is 54.0 Å². The van der Waals surface area contributed by atoms with Crippen LogP contribution in [0.3, 0.4) is 0 Å². The number of hydrogen-bond donors (Lipinski definition) is 1. The third-order valence-corrected chi connectivity index (χ3v) is 12.0. The molecule has 0 spiro atoms. The van der Waals surface area contributed by atoms with Gasteiger partial charge in [0.1, 0.15) is 24.7 Å². The van der Waals surface area contributed by atoms with Crippen LogP contribution in [0, 0.1) is 0 Å². The highest BCUT2D eigenvalue weighted by Crippen LogP contribution is 2.37. The first kappa shape index (κ1) is 52.2. The minimum Gasteiger partial charge on any atom is -0.548 e. The molecule has 368 valence electrons. The molecule has 2 heterocycles. The Morgan fingerprint density at radius 1 is 0.618 bits per heavy atom. The summed E-state index contributed by atoms with van der Waals surface area (Å²) in [7, 11) is 0. The lowest BCUT2D eigenvalue weighted by Gasteiger charge is -2.35. The van der Waals surface area contributed by atoms with Crippen LogP contribution in [0.4, 0.5) is 11.4 Å². The summed E-state index contributed by atoms with van der Waals surface area (Å²) < 4.78 is 12.2. The Hall–Kier alpha value is -6.82. The number of aliphatic carboxylic acids is 4. The van der Waals surface area contributed by atoms with Gasteiger partial charge in [-0.15, -0.1) is 0 Å². The minimum absolute atomic E-state index is 0.0153. The number of carbonyl (C=O) groups is 6. The van der Waals surface area contributed by atoms with Crippen LogP contribution < -0.4 is 44.8 Å². The molecule has 0 atom stereocenters. The number of anilines is 2. The smallest absolute Gasteiger partial charge is 0.222 e. The summed E-state index contributed by atoms with van der Waals surface area (Å²) in [6, 6.07) is 13.7. The molecule has 18 heteroatoms. The van der Waals surface area contributed by atoms with Crippen LogP contribution in [0.1, 0.15) is 93.5 Å². The van der Waals surface area contributed by atoms with Gasteiger partial charge in [0.2, 0.25) is 5.91 Å². The van der Waals surface area contributed by atoms with Crippen molar-refractivity contribution < 1.29 is 63.8 Å². The molecule has 3 aromatic carbocycles. The number of piperazine rings is 1. The fourth-order valence-electron chi connectivity index (χ4n) is 8.47. The second-order valence-electron chi connectivity index (χ2n) is 17.0. The van der Waals surface area contributed by atoms with Gasteiger partial charge in [0.05, 0.1) is 67.4 Å². The Labute approximate surface area is 396 Å². The van der Waals surface area contributed by atoms with Crippen molar-refractivity contribution >= 4 is 58.0 Å². The van der Waals surface area contributed by atoms with Crippen molar-refractivity contribution in [3.05, 3.63) is 71.9 Å². The number of amides is 1. The molecule has 0 unspecified atom stereocenters. The molecular formula is C50H60N5O13-5. The molecule has 1 aromatic heterocycles. The van der Waals surface area contributed by atoms with Crippen LogP contribution in [0.25, 0.3) is 22.0 Å². The molecule has 18 nitrogen and oxygen atoms in total. The maximum atomic E-state index is 13.4. The van der Waals surface area contributed by atoms with Gasteiger partial charge >= 0.3 is 0 Å². The van der Waals surface area contributed by atoms with E-state index in [2.05, 4.69) is 16.8 Å². The number of aryl methyl sites for hydroxylation is 1. The van der Waals surface area contributed by atoms with Gasteiger partial charge < -0.3 is 78.7 Å². The molecular weight excluding hydrogens is 879 g/mol. The number of aromatic carboxylic acids is 1. The molecule has 68 heavy (non-hydrogen) atoms. The lowest BCUT2D eigenvalue weighted by Crippen LogP contribution is -2.48. The lowest BCUT2D eigenvalue weighted by atomic mass is 10.0. The standard InChI is InChI=1S/C50H65N5O13/c1-2-3-4-5-6-7-8-9-10-11-20-52-21-23-53(24-22-52)45(56)19-13-35-12-17-41(54(31-46(57)58)32-47(59)60)43(27-35)67-25-26-68-44-29-36(15-18-42(44)55(33-48(61)62)34-49(63)64)39-30-51-40-28-37(50(65)66)14-16-38(39)40/h12,14-18,27-30,51H,2-11,13,19-26,31-34H2,1H3,(H,57,58)(H,59,60)(H,61,62)(H,63,64)(H,65,66)/p-5. The van der Waals surface area contributed by atoms with E-state index in [4.69, 9.17) is 9.47 Å². The SMILES string of the molecule is CCCCCCCCCCCCN1CCN(C(=O)CCc2ccc(N(CC(=O)[O-])CC(=O)[O-])c(OCCOc3cc(-c4c[nH]c5cc(C(=O)[O-])ccc45)ccc3N(CC(=O)[O-])CC(=O)[O-])c2)CC1. The molecule has 1 saturated heterocycles. The summed E-state index contributed by atoms with van der Waals surface area (Å²) in [5, 5.41) is 58.9. The van der Waals surface area contributed by atoms with Crippen molar-refractivity contribution in [2.45, 2.75) is 84.0 Å². The molecule has 1 fully saturated rings. The number of carboxylic acids is 5. The lowest BCUT2D eigenvalue weighted by molar-refractivity contribution is -0.307. The average molecular weight is 939 g/mol. The fraction of sp³-hybridized carbons (Fsp3) is 0.480. The van der Waals surface area contributed by atoms with Gasteiger partial charge in [0.15, 0.2) is 0 Å². The van der Waals surface area contributed by atoms with Crippen molar-refractivity contribution in [1.29, 1.82) is 0 Å². The third kappa shape index (κ3) is 16.2. The number of aromatic amines is 1. The highest BCUT2D eigenvalue weighted by Gasteiger charge is 2.22. The van der Waals surface area contributed by atoms with Gasteiger partial charge in [0.25, 0.3) is 0 Å². The number of carbonyl (C=O) groups excluding carboxylic acids is 6. The van der Waals surface area contributed by atoms with E-state index in [0.29, 0.717) is 47.1 Å². The normalized spacial score (nSPS) is 12.8. The van der Waals surface area contributed by atoms with E-state index in [9.17, 15) is 54.3 Å². The predicted molar refractivity (Wildman–Crippen MR) is 243 cm³/mol. The van der Waals surface area contributed by atoms with Gasteiger partial charge in [-0.1, -0.05) is 89.0 Å². The molecule has 5 rings (SSSR count). The van der Waals surface area contributed by atoms with Crippen molar-refractivity contribution in [2.24, 2.45) is 0 Å². The van der Waals surface area contributed by atoms with Crippen molar-refractivity contribution in [2.75, 3.05) is 81.9 Å². The maximum absolute atomic E-state index is 13.4. The number of unbranched alkanes of at least 4 members (excludes halogenated alkanes) is 9. The van der Waals surface area contributed by atoms with Gasteiger partial charge in [-0.05, 0) is 66.4 Å². The molecule has 0 saturated carbocycles. The number of nitrogens with one attached hydrogen (secondary N) is 1. The van der Waals surface area contributed by atoms with Gasteiger partial charge in [-0.3, -0.25) is 9.69 Å². The van der Waals surface area contributed by atoms with Crippen LogP contribution in [0.5, 0.6) is 11.5 Å². The number of H-pyrrole nitrogens is 1. The van der Waals surface area contributed by atoms with E-state index >= 15 is 0 Å². The van der Waals surface area contributed by atoms with E-state index in [1.54, 1.807) is 30.5 Å². The number of fused-ring (bicyclic) bond motifs is 1. The van der Waals surface area contributed by atoms with Gasteiger partial charge in [-0.25, -0.2) is 0 Å². The Morgan fingerprint density at radius 3 is 1.69 bits per heavy atom. The van der Waals surface area contributed by atoms with Crippen LogP contribution in [0.15, 0.2) is 60.8 Å². The number of aromatic nitrogens is 1. The van der Waals surface area contributed by atoms with Crippen molar-refractivity contribution in [1.82, 2.24) is 14.8 Å². The zero-order chi connectivity index (χ0) is 49.0. The van der Waals surface area contributed by atoms with Crippen molar-refractivity contribution in [3.63, 3.8) is 0 Å². The average Bonchev–Trinajstić information content (AvgIpc) is 3.73. The number of nitrogens with zero attached hydrogens (tertiary/aromatic N) is 4. The molecule has 0 radical (unpaired) electrons. The largest absolute Gasteiger partial charge is 0.548 e. The first-order valence-corrected chi connectivity index (χ1v) is 23.4. The molecule has 4 aromatic rings. The van der Waals surface area contributed by atoms with E-state index in [0.717, 1.165) is 35.9 Å². The van der Waals surface area contributed by atoms with Crippen molar-refractivity contribution in [3.8, 4) is 22.6 Å². The van der Waals surface area contributed by atoms with E-state index in [1.165, 1.54) is 88.1 Å². The first-order chi connectivity index (χ1) is 32.7. The number of rotatable bonds is 31. The molecule has 0 aliphatic carbocycles. The second-order valence-corrected chi connectivity index (χ2v) is 17.0. The number of carboxylic acid groups (broad SMARTS) is 5. The topological polar surface area (TPSA) is 265 Å². The molecule has 0 bridgehead atoms. The maximum Gasteiger partial charge on any atom is 0.222 e. The molecule has 1 amide bonds. The van der Waals surface area contributed by atoms with Gasteiger partial charge in [0, 0.05) is 55.3 Å². The summed E-state index contributed by atoms with van der Waals surface area (Å²) in [5.41, 5.74) is 2.36. The first-order valence-electron chi connectivity index (χ1n) is 23.4. The summed E-state index contributed by atoms with van der Waals surface area (Å²) in [4.78, 5) is 80.9. The molecule has 1 N–H and O–H groups in total. The van der Waals surface area contributed by atoms with E-state index in [1.807, 2.05) is 4.90 Å². The number of hydrogen-bond acceptors (Lipinski definition) is 16. The monoisotopic (exact) mass is 938 g/mol. The third-order valence-electron chi connectivity index (χ3n) is 12.0. The van der Waals surface area contributed by atoms with Crippen LogP contribution >= 0.6 is 0 Å². The Morgan fingerprint density at radius 2 is 1.15 bits per heavy atom. The van der Waals surface area contributed by atoms with Crippen LogP contribution in [-0.2, 0) is 30.4 Å². The fourth-order valence-corrected chi connectivity index (χ4v) is 8.47. The number of ether oxygens (including phenoxy) is 2. The minimum atomic E-state index is -1.57. The Kier molecular flexibility index (Phi) is 20.3. The van der Waals surface area contributed by atoms with Crippen LogP contribution in [0.2, 0.25) is 0 Å². The Balaban J connectivity index is 1.25. The quantitative estimate of drug-likeness (QED) is 0.0664.